The molecule has 2 nitrogen and oxygen atoms in total. The van der Waals surface area contributed by atoms with Crippen LogP contribution in [0.3, 0.4) is 0 Å². The number of hydrogen-bond donors (Lipinski definition) is 0. The van der Waals surface area contributed by atoms with Crippen molar-refractivity contribution in [3.8, 4) is 5.75 Å². The Bertz CT molecular complexity index is 410. The van der Waals surface area contributed by atoms with Gasteiger partial charge in [-0.15, -0.1) is 0 Å². The monoisotopic (exact) mass is 290 g/mol. The van der Waals surface area contributed by atoms with Gasteiger partial charge in [0.15, 0.2) is 6.29 Å². The maximum Gasteiger partial charge on any atom is 0.199 e. The molecule has 0 bridgehead atoms. The largest absolute Gasteiger partial charge is 0.465 e. The van der Waals surface area contributed by atoms with Gasteiger partial charge < -0.3 is 9.47 Å². The fourth-order valence-electron chi connectivity index (χ4n) is 3.01. The zero-order chi connectivity index (χ0) is 15.3. The lowest BCUT2D eigenvalue weighted by Gasteiger charge is -2.26. The van der Waals surface area contributed by atoms with E-state index >= 15 is 0 Å². The van der Waals surface area contributed by atoms with Crippen molar-refractivity contribution in [2.45, 2.75) is 72.0 Å². The summed E-state index contributed by atoms with van der Waals surface area (Å²) in [6.45, 7) is 10.0. The van der Waals surface area contributed by atoms with Crippen LogP contribution in [0.1, 0.15) is 71.3 Å². The molecule has 0 saturated carbocycles. The Morgan fingerprint density at radius 2 is 1.90 bits per heavy atom. The molecule has 2 unspecified atom stereocenters. The van der Waals surface area contributed by atoms with Gasteiger partial charge in [0.1, 0.15) is 5.75 Å². The molecule has 0 spiro atoms. The number of benzene rings is 1. The summed E-state index contributed by atoms with van der Waals surface area (Å²) in [7, 11) is 0. The smallest absolute Gasteiger partial charge is 0.199 e. The van der Waals surface area contributed by atoms with Gasteiger partial charge in [0.25, 0.3) is 0 Å². The maximum absolute atomic E-state index is 5.90. The molecule has 0 aromatic heterocycles. The van der Waals surface area contributed by atoms with E-state index in [4.69, 9.17) is 9.47 Å². The van der Waals surface area contributed by atoms with E-state index in [1.807, 2.05) is 0 Å². The minimum atomic E-state index is -0.0545. The van der Waals surface area contributed by atoms with Crippen LogP contribution in [-0.4, -0.2) is 12.9 Å². The summed E-state index contributed by atoms with van der Waals surface area (Å²) >= 11 is 0. The third-order valence-electron chi connectivity index (χ3n) is 4.11. The van der Waals surface area contributed by atoms with Crippen molar-refractivity contribution in [1.29, 1.82) is 0 Å². The molecule has 118 valence electrons. The number of rotatable bonds is 5. The van der Waals surface area contributed by atoms with Crippen molar-refractivity contribution in [3.63, 3.8) is 0 Å². The Labute approximate surface area is 129 Å². The minimum absolute atomic E-state index is 0.0545. The molecule has 2 rings (SSSR count). The van der Waals surface area contributed by atoms with E-state index in [0.29, 0.717) is 11.3 Å². The van der Waals surface area contributed by atoms with Gasteiger partial charge in [0.2, 0.25) is 0 Å². The highest BCUT2D eigenvalue weighted by Gasteiger charge is 2.19. The topological polar surface area (TPSA) is 18.5 Å². The molecule has 1 aliphatic heterocycles. The van der Waals surface area contributed by atoms with Crippen LogP contribution in [0.4, 0.5) is 0 Å². The third kappa shape index (κ3) is 5.35. The summed E-state index contributed by atoms with van der Waals surface area (Å²) in [5.74, 6) is 1.56. The van der Waals surface area contributed by atoms with Gasteiger partial charge in [-0.1, -0.05) is 39.8 Å². The van der Waals surface area contributed by atoms with Gasteiger partial charge >= 0.3 is 0 Å². The van der Waals surface area contributed by atoms with Crippen molar-refractivity contribution >= 4 is 0 Å². The quantitative estimate of drug-likeness (QED) is 0.710. The van der Waals surface area contributed by atoms with E-state index in [1.54, 1.807) is 0 Å². The van der Waals surface area contributed by atoms with Gasteiger partial charge in [-0.05, 0) is 54.7 Å². The summed E-state index contributed by atoms with van der Waals surface area (Å²) in [6.07, 6.45) is 5.71. The average molecular weight is 290 g/mol. The molecule has 1 aromatic rings. The van der Waals surface area contributed by atoms with Crippen molar-refractivity contribution in [2.75, 3.05) is 6.61 Å². The van der Waals surface area contributed by atoms with E-state index in [1.165, 1.54) is 24.8 Å². The van der Waals surface area contributed by atoms with Crippen molar-refractivity contribution in [1.82, 2.24) is 0 Å². The first-order valence-electron chi connectivity index (χ1n) is 8.36. The lowest BCUT2D eigenvalue weighted by atomic mass is 9.80. The van der Waals surface area contributed by atoms with Crippen LogP contribution in [0.2, 0.25) is 0 Å². The summed E-state index contributed by atoms with van der Waals surface area (Å²) in [4.78, 5) is 0. The van der Waals surface area contributed by atoms with Gasteiger partial charge in [-0.2, -0.15) is 0 Å². The molecule has 0 radical (unpaired) electrons. The predicted molar refractivity (Wildman–Crippen MR) is 87.8 cm³/mol. The molecular formula is C19H30O2. The van der Waals surface area contributed by atoms with Crippen LogP contribution < -0.4 is 4.74 Å². The zero-order valence-corrected chi connectivity index (χ0v) is 14.0. The summed E-state index contributed by atoms with van der Waals surface area (Å²) < 4.78 is 11.5. The van der Waals surface area contributed by atoms with Crippen LogP contribution in [0.5, 0.6) is 5.75 Å². The second-order valence-electron chi connectivity index (χ2n) is 7.35. The van der Waals surface area contributed by atoms with E-state index in [0.717, 1.165) is 25.2 Å². The second kappa shape index (κ2) is 7.31. The van der Waals surface area contributed by atoms with Crippen LogP contribution >= 0.6 is 0 Å². The normalized spacial score (nSPS) is 21.0. The molecule has 0 amide bonds. The zero-order valence-electron chi connectivity index (χ0n) is 14.0. The van der Waals surface area contributed by atoms with E-state index < -0.39 is 0 Å². The molecule has 21 heavy (non-hydrogen) atoms. The van der Waals surface area contributed by atoms with Gasteiger partial charge in [-0.3, -0.25) is 0 Å². The minimum Gasteiger partial charge on any atom is -0.465 e. The first-order valence-corrected chi connectivity index (χ1v) is 8.36. The highest BCUT2D eigenvalue weighted by atomic mass is 16.7. The lowest BCUT2D eigenvalue weighted by Crippen LogP contribution is -2.24. The number of hydrogen-bond acceptors (Lipinski definition) is 2. The molecule has 0 N–H and O–H groups in total. The summed E-state index contributed by atoms with van der Waals surface area (Å²) in [5, 5.41) is 0. The number of ether oxygens (including phenoxy) is 2. The standard InChI is InChI=1S/C19H30O2/c1-5-15(14-19(2,3)4)16-9-11-17(12-10-16)21-18-8-6-7-13-20-18/h9-12,15,18H,5-8,13-14H2,1-4H3. The van der Waals surface area contributed by atoms with Crippen molar-refractivity contribution in [2.24, 2.45) is 5.41 Å². The Morgan fingerprint density at radius 1 is 1.19 bits per heavy atom. The lowest BCUT2D eigenvalue weighted by molar-refractivity contribution is -0.105. The third-order valence-corrected chi connectivity index (χ3v) is 4.11. The first-order chi connectivity index (χ1) is 9.98. The molecule has 0 aliphatic carbocycles. The van der Waals surface area contributed by atoms with Crippen LogP contribution in [0, 0.1) is 5.41 Å². The van der Waals surface area contributed by atoms with Crippen LogP contribution in [-0.2, 0) is 4.74 Å². The summed E-state index contributed by atoms with van der Waals surface area (Å²) in [5.41, 5.74) is 1.79. The van der Waals surface area contributed by atoms with E-state index in [-0.39, 0.29) is 6.29 Å². The maximum atomic E-state index is 5.90. The molecular weight excluding hydrogens is 260 g/mol. The SMILES string of the molecule is CCC(CC(C)(C)C)c1ccc(OC2CCCCO2)cc1. The molecule has 1 aromatic carbocycles. The average Bonchev–Trinajstić information content (AvgIpc) is 2.46. The molecule has 1 saturated heterocycles. The van der Waals surface area contributed by atoms with E-state index in [9.17, 15) is 0 Å². The van der Waals surface area contributed by atoms with Crippen LogP contribution in [0.25, 0.3) is 0 Å². The second-order valence-corrected chi connectivity index (χ2v) is 7.35. The van der Waals surface area contributed by atoms with Crippen molar-refractivity contribution < 1.29 is 9.47 Å². The van der Waals surface area contributed by atoms with E-state index in [2.05, 4.69) is 52.0 Å². The van der Waals surface area contributed by atoms with Gasteiger partial charge in [0, 0.05) is 6.42 Å². The first kappa shape index (κ1) is 16.4. The van der Waals surface area contributed by atoms with Gasteiger partial charge in [0.05, 0.1) is 6.61 Å². The highest BCUT2D eigenvalue weighted by Crippen LogP contribution is 2.34. The highest BCUT2D eigenvalue weighted by molar-refractivity contribution is 5.29. The molecule has 2 atom stereocenters. The van der Waals surface area contributed by atoms with Crippen molar-refractivity contribution in [3.05, 3.63) is 29.8 Å². The molecule has 1 fully saturated rings. The Hall–Kier alpha value is -1.02. The fourth-order valence-corrected chi connectivity index (χ4v) is 3.01. The fraction of sp³-hybridized carbons (Fsp3) is 0.684. The predicted octanol–water partition coefficient (Wildman–Crippen LogP) is 5.52. The Balaban J connectivity index is 1.96. The summed E-state index contributed by atoms with van der Waals surface area (Å²) in [6, 6.07) is 8.63. The molecule has 1 heterocycles. The van der Waals surface area contributed by atoms with Gasteiger partial charge in [-0.25, -0.2) is 0 Å². The Kier molecular flexibility index (Phi) is 5.69. The molecule has 2 heteroatoms. The molecule has 1 aliphatic rings. The van der Waals surface area contributed by atoms with Crippen LogP contribution in [0.15, 0.2) is 24.3 Å². The Morgan fingerprint density at radius 3 is 2.43 bits per heavy atom.